The molecule has 2 rings (SSSR count). The molecular formula is C19H21F3N2O4. The molecule has 0 fully saturated rings. The summed E-state index contributed by atoms with van der Waals surface area (Å²) < 4.78 is 46.4. The Bertz CT molecular complexity index is 779. The van der Waals surface area contributed by atoms with Crippen molar-refractivity contribution in [2.45, 2.75) is 32.2 Å². The molecule has 1 unspecified atom stereocenters. The molecule has 0 aliphatic rings. The number of nitrogens with one attached hydrogen (secondary N) is 1. The fourth-order valence-electron chi connectivity index (χ4n) is 2.23. The van der Waals surface area contributed by atoms with Gasteiger partial charge in [-0.25, -0.2) is 4.98 Å². The Balaban J connectivity index is 1.89. The molecule has 0 saturated heterocycles. The predicted octanol–water partition coefficient (Wildman–Crippen LogP) is 3.27. The zero-order valence-electron chi connectivity index (χ0n) is 15.4. The number of carbonyl (C=O) groups excluding carboxylic acids is 1. The number of alkyl halides is 3. The largest absolute Gasteiger partial charge is 0.491 e. The third-order valence-electron chi connectivity index (χ3n) is 3.45. The Hall–Kier alpha value is -2.81. The molecule has 0 bridgehead atoms. The Morgan fingerprint density at radius 3 is 2.61 bits per heavy atom. The number of hydrogen-bond acceptors (Lipinski definition) is 5. The van der Waals surface area contributed by atoms with Gasteiger partial charge in [-0.2, -0.15) is 13.2 Å². The molecule has 0 aliphatic heterocycles. The zero-order valence-corrected chi connectivity index (χ0v) is 15.4. The van der Waals surface area contributed by atoms with E-state index in [1.807, 2.05) is 13.8 Å². The second-order valence-electron chi connectivity index (χ2n) is 6.25. The number of rotatable bonds is 8. The number of aliphatic hydroxyl groups excluding tert-OH is 1. The molecule has 1 heterocycles. The Kier molecular flexibility index (Phi) is 7.22. The number of ether oxygens (including phenoxy) is 2. The number of benzene rings is 1. The Labute approximate surface area is 160 Å². The van der Waals surface area contributed by atoms with E-state index in [2.05, 4.69) is 15.0 Å². The van der Waals surface area contributed by atoms with Crippen LogP contribution < -0.4 is 14.8 Å². The monoisotopic (exact) mass is 398 g/mol. The van der Waals surface area contributed by atoms with E-state index in [0.717, 1.165) is 6.20 Å². The summed E-state index contributed by atoms with van der Waals surface area (Å²) in [6.45, 7) is 2.25. The van der Waals surface area contributed by atoms with Crippen LogP contribution in [0.3, 0.4) is 0 Å². The van der Waals surface area contributed by atoms with Gasteiger partial charge in [0.1, 0.15) is 5.75 Å². The number of amides is 1. The van der Waals surface area contributed by atoms with Gasteiger partial charge in [-0.05, 0) is 37.6 Å². The molecule has 0 radical (unpaired) electrons. The van der Waals surface area contributed by atoms with Crippen molar-refractivity contribution in [3.05, 3.63) is 53.7 Å². The van der Waals surface area contributed by atoms with Gasteiger partial charge in [0, 0.05) is 18.8 Å². The molecule has 152 valence electrons. The van der Waals surface area contributed by atoms with E-state index in [1.54, 1.807) is 24.3 Å². The van der Waals surface area contributed by atoms with Gasteiger partial charge in [0.25, 0.3) is 5.91 Å². The molecule has 1 aromatic heterocycles. The van der Waals surface area contributed by atoms with Crippen molar-refractivity contribution >= 4 is 5.91 Å². The Morgan fingerprint density at radius 2 is 2.00 bits per heavy atom. The van der Waals surface area contributed by atoms with Crippen molar-refractivity contribution in [2.75, 3.05) is 13.2 Å². The van der Waals surface area contributed by atoms with Gasteiger partial charge in [0.05, 0.1) is 17.8 Å². The first-order chi connectivity index (χ1) is 13.1. The van der Waals surface area contributed by atoms with Gasteiger partial charge >= 0.3 is 6.18 Å². The topological polar surface area (TPSA) is 80.7 Å². The minimum Gasteiger partial charge on any atom is -0.491 e. The summed E-state index contributed by atoms with van der Waals surface area (Å²) in [6, 6.07) is 9.36. The van der Waals surface area contributed by atoms with E-state index < -0.39 is 24.8 Å². The van der Waals surface area contributed by atoms with Crippen LogP contribution in [-0.4, -0.2) is 41.4 Å². The van der Waals surface area contributed by atoms with Gasteiger partial charge < -0.3 is 19.9 Å². The molecule has 0 aliphatic carbocycles. The maximum absolute atomic E-state index is 12.1. The lowest BCUT2D eigenvalue weighted by Crippen LogP contribution is -2.28. The number of carbonyl (C=O) groups is 1. The molecule has 1 atom stereocenters. The van der Waals surface area contributed by atoms with Crippen molar-refractivity contribution in [1.82, 2.24) is 10.3 Å². The van der Waals surface area contributed by atoms with Crippen molar-refractivity contribution in [2.24, 2.45) is 0 Å². The van der Waals surface area contributed by atoms with Crippen molar-refractivity contribution < 1.29 is 32.5 Å². The smallest absolute Gasteiger partial charge is 0.422 e. The quantitative estimate of drug-likeness (QED) is 0.713. The highest BCUT2D eigenvalue weighted by atomic mass is 19.4. The highest BCUT2D eigenvalue weighted by Gasteiger charge is 2.28. The van der Waals surface area contributed by atoms with Crippen molar-refractivity contribution in [3.8, 4) is 11.6 Å². The molecule has 6 nitrogen and oxygen atoms in total. The second kappa shape index (κ2) is 9.41. The molecule has 28 heavy (non-hydrogen) atoms. The summed E-state index contributed by atoms with van der Waals surface area (Å²) in [6.07, 6.45) is -4.33. The standard InChI is InChI=1S/C19H21F3N2O4/c1-12(2)28-15-5-3-4-13(8-15)16(25)10-24-18(26)14-6-7-17(23-9-14)27-11-19(20,21)22/h3-9,12,16,25H,10-11H2,1-2H3,(H,24,26). The van der Waals surface area contributed by atoms with Crippen LogP contribution in [0.4, 0.5) is 13.2 Å². The van der Waals surface area contributed by atoms with Crippen LogP contribution in [-0.2, 0) is 0 Å². The maximum atomic E-state index is 12.1. The van der Waals surface area contributed by atoms with E-state index in [4.69, 9.17) is 4.74 Å². The summed E-state index contributed by atoms with van der Waals surface area (Å²) in [5.41, 5.74) is 0.705. The average Bonchev–Trinajstić information content (AvgIpc) is 2.63. The van der Waals surface area contributed by atoms with Crippen LogP contribution in [0.25, 0.3) is 0 Å². The lowest BCUT2D eigenvalue weighted by Gasteiger charge is -2.15. The number of halogens is 3. The molecule has 1 aromatic carbocycles. The lowest BCUT2D eigenvalue weighted by molar-refractivity contribution is -0.154. The van der Waals surface area contributed by atoms with Crippen LogP contribution in [0.15, 0.2) is 42.6 Å². The van der Waals surface area contributed by atoms with Crippen molar-refractivity contribution in [3.63, 3.8) is 0 Å². The summed E-state index contributed by atoms with van der Waals surface area (Å²) in [5.74, 6) is -0.157. The van der Waals surface area contributed by atoms with Crippen LogP contribution in [0, 0.1) is 0 Å². The molecule has 0 saturated carbocycles. The number of hydrogen-bond donors (Lipinski definition) is 2. The van der Waals surface area contributed by atoms with E-state index in [1.165, 1.54) is 12.1 Å². The summed E-state index contributed by atoms with van der Waals surface area (Å²) in [4.78, 5) is 15.8. The normalized spacial score (nSPS) is 12.5. The van der Waals surface area contributed by atoms with Gasteiger partial charge in [-0.15, -0.1) is 0 Å². The van der Waals surface area contributed by atoms with Crippen LogP contribution in [0.5, 0.6) is 11.6 Å². The molecule has 0 spiro atoms. The second-order valence-corrected chi connectivity index (χ2v) is 6.25. The minimum absolute atomic E-state index is 0.0114. The lowest BCUT2D eigenvalue weighted by atomic mass is 10.1. The highest BCUT2D eigenvalue weighted by molar-refractivity contribution is 5.93. The molecule has 2 aromatic rings. The zero-order chi connectivity index (χ0) is 20.7. The van der Waals surface area contributed by atoms with Crippen molar-refractivity contribution in [1.29, 1.82) is 0 Å². The fraction of sp³-hybridized carbons (Fsp3) is 0.368. The molecular weight excluding hydrogens is 377 g/mol. The third-order valence-corrected chi connectivity index (χ3v) is 3.45. The van der Waals surface area contributed by atoms with Crippen LogP contribution in [0.2, 0.25) is 0 Å². The molecule has 1 amide bonds. The Morgan fingerprint density at radius 1 is 1.25 bits per heavy atom. The average molecular weight is 398 g/mol. The van der Waals surface area contributed by atoms with Gasteiger partial charge in [-0.3, -0.25) is 4.79 Å². The molecule has 9 heteroatoms. The predicted molar refractivity (Wildman–Crippen MR) is 95.3 cm³/mol. The first-order valence-electron chi connectivity index (χ1n) is 8.52. The van der Waals surface area contributed by atoms with Crippen LogP contribution >= 0.6 is 0 Å². The van der Waals surface area contributed by atoms with Gasteiger partial charge in [-0.1, -0.05) is 12.1 Å². The first kappa shape index (κ1) is 21.5. The van der Waals surface area contributed by atoms with E-state index >= 15 is 0 Å². The number of aromatic nitrogens is 1. The number of nitrogens with zero attached hydrogens (tertiary/aromatic N) is 1. The summed E-state index contributed by atoms with van der Waals surface area (Å²) >= 11 is 0. The summed E-state index contributed by atoms with van der Waals surface area (Å²) in [5, 5.41) is 12.8. The number of pyridine rings is 1. The van der Waals surface area contributed by atoms with Gasteiger partial charge in [0.15, 0.2) is 6.61 Å². The van der Waals surface area contributed by atoms with E-state index in [-0.39, 0.29) is 24.1 Å². The highest BCUT2D eigenvalue weighted by Crippen LogP contribution is 2.20. The summed E-state index contributed by atoms with van der Waals surface area (Å²) in [7, 11) is 0. The third kappa shape index (κ3) is 7.07. The van der Waals surface area contributed by atoms with E-state index in [0.29, 0.717) is 11.3 Å². The first-order valence-corrected chi connectivity index (χ1v) is 8.52. The number of aliphatic hydroxyl groups is 1. The fourth-order valence-corrected chi connectivity index (χ4v) is 2.23. The molecule has 2 N–H and O–H groups in total. The van der Waals surface area contributed by atoms with Crippen LogP contribution in [0.1, 0.15) is 35.9 Å². The van der Waals surface area contributed by atoms with Gasteiger partial charge in [0.2, 0.25) is 5.88 Å². The minimum atomic E-state index is -4.47. The maximum Gasteiger partial charge on any atom is 0.422 e. The SMILES string of the molecule is CC(C)Oc1cccc(C(O)CNC(=O)c2ccc(OCC(F)(F)F)nc2)c1. The van der Waals surface area contributed by atoms with E-state index in [9.17, 15) is 23.1 Å².